The highest BCUT2D eigenvalue weighted by atomic mass is 14.3. The number of benzene rings is 1. The minimum absolute atomic E-state index is 0.550. The van der Waals surface area contributed by atoms with E-state index in [2.05, 4.69) is 32.9 Å². The van der Waals surface area contributed by atoms with E-state index in [0.717, 1.165) is 44.1 Å². The van der Waals surface area contributed by atoms with Crippen molar-refractivity contribution in [1.29, 1.82) is 10.5 Å². The highest BCUT2D eigenvalue weighted by Crippen LogP contribution is 2.26. The monoisotopic (exact) mass is 254 g/mol. The van der Waals surface area contributed by atoms with Crippen LogP contribution >= 0.6 is 0 Å². The Bertz CT molecular complexity index is 516. The van der Waals surface area contributed by atoms with E-state index in [0.29, 0.717) is 11.1 Å². The topological polar surface area (TPSA) is 47.6 Å². The van der Waals surface area contributed by atoms with Crippen LogP contribution in [0.4, 0.5) is 0 Å². The smallest absolute Gasteiger partial charge is 0.101 e. The molecule has 2 heteroatoms. The summed E-state index contributed by atoms with van der Waals surface area (Å²) in [5.74, 6) is 0. The summed E-state index contributed by atoms with van der Waals surface area (Å²) in [5, 5.41) is 18.6. The molecule has 19 heavy (non-hydrogen) atoms. The predicted octanol–water partition coefficient (Wildman–Crippen LogP) is 4.29. The van der Waals surface area contributed by atoms with E-state index in [1.165, 1.54) is 11.1 Å². The van der Waals surface area contributed by atoms with Gasteiger partial charge in [0.2, 0.25) is 0 Å². The third kappa shape index (κ3) is 3.36. The van der Waals surface area contributed by atoms with Gasteiger partial charge >= 0.3 is 0 Å². The lowest BCUT2D eigenvalue weighted by Crippen LogP contribution is -2.06. The van der Waals surface area contributed by atoms with Crippen molar-refractivity contribution in [1.82, 2.24) is 0 Å². The molecule has 0 aliphatic carbocycles. The van der Waals surface area contributed by atoms with Crippen LogP contribution in [-0.2, 0) is 19.3 Å². The van der Waals surface area contributed by atoms with Crippen molar-refractivity contribution in [2.75, 3.05) is 0 Å². The number of nitriles is 2. The molecule has 1 aromatic rings. The third-order valence-corrected chi connectivity index (χ3v) is 3.39. The molecule has 1 aromatic carbocycles. The normalized spacial score (nSPS) is 9.95. The van der Waals surface area contributed by atoms with E-state index in [1.807, 2.05) is 6.07 Å². The van der Waals surface area contributed by atoms with Crippen LogP contribution in [0.15, 0.2) is 6.07 Å². The largest absolute Gasteiger partial charge is 0.192 e. The fraction of sp³-hybridized carbons (Fsp3) is 0.529. The van der Waals surface area contributed by atoms with E-state index < -0.39 is 0 Å². The summed E-state index contributed by atoms with van der Waals surface area (Å²) in [6, 6.07) is 6.37. The minimum atomic E-state index is 0.550. The molecule has 0 unspecified atom stereocenters. The Morgan fingerprint density at radius 2 is 1.42 bits per heavy atom. The standard InChI is InChI=1S/C17H22N2/c1-4-7-13-10-14(11-18)17(12-19)16(9-6-3)15(13)8-5-2/h10H,4-9H2,1-3H3. The van der Waals surface area contributed by atoms with Gasteiger partial charge in [0.05, 0.1) is 11.1 Å². The van der Waals surface area contributed by atoms with Crippen molar-refractivity contribution in [3.8, 4) is 12.1 Å². The molecule has 0 aliphatic rings. The summed E-state index contributed by atoms with van der Waals surface area (Å²) in [4.78, 5) is 0. The van der Waals surface area contributed by atoms with Gasteiger partial charge in [-0.15, -0.1) is 0 Å². The number of nitrogens with zero attached hydrogens (tertiary/aromatic N) is 2. The molecule has 0 atom stereocenters. The summed E-state index contributed by atoms with van der Waals surface area (Å²) in [5.41, 5.74) is 4.86. The Balaban J connectivity index is 3.54. The molecule has 0 amide bonds. The fourth-order valence-electron chi connectivity index (χ4n) is 2.64. The van der Waals surface area contributed by atoms with Gasteiger partial charge in [0, 0.05) is 0 Å². The van der Waals surface area contributed by atoms with Crippen LogP contribution in [0.2, 0.25) is 0 Å². The van der Waals surface area contributed by atoms with Gasteiger partial charge in [-0.25, -0.2) is 0 Å². The molecule has 0 aliphatic heterocycles. The van der Waals surface area contributed by atoms with Gasteiger partial charge in [-0.3, -0.25) is 0 Å². The maximum atomic E-state index is 9.37. The first-order valence-electron chi connectivity index (χ1n) is 7.21. The van der Waals surface area contributed by atoms with Crippen molar-refractivity contribution in [2.45, 2.75) is 59.3 Å². The van der Waals surface area contributed by atoms with E-state index in [1.54, 1.807) is 0 Å². The van der Waals surface area contributed by atoms with Crippen LogP contribution in [0.5, 0.6) is 0 Å². The Morgan fingerprint density at radius 3 is 1.89 bits per heavy atom. The summed E-state index contributed by atoms with van der Waals surface area (Å²) in [6.07, 6.45) is 6.04. The number of hydrogen-bond acceptors (Lipinski definition) is 2. The summed E-state index contributed by atoms with van der Waals surface area (Å²) in [7, 11) is 0. The first-order chi connectivity index (χ1) is 9.23. The van der Waals surface area contributed by atoms with E-state index >= 15 is 0 Å². The van der Waals surface area contributed by atoms with Gasteiger partial charge in [0.25, 0.3) is 0 Å². The molecule has 0 saturated carbocycles. The van der Waals surface area contributed by atoms with Crippen LogP contribution < -0.4 is 0 Å². The van der Waals surface area contributed by atoms with Crippen molar-refractivity contribution in [3.05, 3.63) is 33.9 Å². The van der Waals surface area contributed by atoms with Crippen molar-refractivity contribution < 1.29 is 0 Å². The zero-order valence-corrected chi connectivity index (χ0v) is 12.2. The lowest BCUT2D eigenvalue weighted by atomic mass is 9.86. The second kappa shape index (κ2) is 7.59. The van der Waals surface area contributed by atoms with E-state index in [9.17, 15) is 10.5 Å². The van der Waals surface area contributed by atoms with Gasteiger partial charge in [0.1, 0.15) is 12.1 Å². The molecular formula is C17H22N2. The average Bonchev–Trinajstić information content (AvgIpc) is 2.42. The van der Waals surface area contributed by atoms with Gasteiger partial charge in [-0.1, -0.05) is 40.0 Å². The molecular weight excluding hydrogens is 232 g/mol. The molecule has 0 bridgehead atoms. The minimum Gasteiger partial charge on any atom is -0.192 e. The molecule has 0 radical (unpaired) electrons. The number of rotatable bonds is 6. The molecule has 0 heterocycles. The molecule has 1 rings (SSSR count). The number of hydrogen-bond donors (Lipinski definition) is 0. The van der Waals surface area contributed by atoms with Crippen LogP contribution in [-0.4, -0.2) is 0 Å². The van der Waals surface area contributed by atoms with Gasteiger partial charge in [0.15, 0.2) is 0 Å². The Labute approximate surface area is 116 Å². The second-order valence-corrected chi connectivity index (χ2v) is 4.89. The zero-order chi connectivity index (χ0) is 14.3. The van der Waals surface area contributed by atoms with Crippen LogP contribution in [0.3, 0.4) is 0 Å². The van der Waals surface area contributed by atoms with Crippen LogP contribution in [0.25, 0.3) is 0 Å². The van der Waals surface area contributed by atoms with E-state index in [4.69, 9.17) is 0 Å². The molecule has 0 spiro atoms. The average molecular weight is 254 g/mol. The second-order valence-electron chi connectivity index (χ2n) is 4.89. The first-order valence-corrected chi connectivity index (χ1v) is 7.21. The Morgan fingerprint density at radius 1 is 0.842 bits per heavy atom. The molecule has 100 valence electrons. The van der Waals surface area contributed by atoms with Crippen LogP contribution in [0, 0.1) is 22.7 Å². The van der Waals surface area contributed by atoms with Crippen molar-refractivity contribution >= 4 is 0 Å². The molecule has 0 saturated heterocycles. The highest BCUT2D eigenvalue weighted by molar-refractivity contribution is 5.56. The van der Waals surface area contributed by atoms with Gasteiger partial charge in [-0.05, 0) is 42.0 Å². The SMILES string of the molecule is CCCc1cc(C#N)c(C#N)c(CCC)c1CCC. The zero-order valence-electron chi connectivity index (χ0n) is 12.2. The highest BCUT2D eigenvalue weighted by Gasteiger charge is 2.16. The van der Waals surface area contributed by atoms with E-state index in [-0.39, 0.29) is 0 Å². The third-order valence-electron chi connectivity index (χ3n) is 3.39. The summed E-state index contributed by atoms with van der Waals surface area (Å²) < 4.78 is 0. The Kier molecular flexibility index (Phi) is 6.10. The fourth-order valence-corrected chi connectivity index (χ4v) is 2.64. The van der Waals surface area contributed by atoms with Gasteiger partial charge in [-0.2, -0.15) is 10.5 Å². The lowest BCUT2D eigenvalue weighted by molar-refractivity contribution is 0.822. The maximum Gasteiger partial charge on any atom is 0.101 e. The molecule has 0 aromatic heterocycles. The van der Waals surface area contributed by atoms with Crippen LogP contribution in [0.1, 0.15) is 67.9 Å². The molecule has 0 fully saturated rings. The molecule has 2 nitrogen and oxygen atoms in total. The lowest BCUT2D eigenvalue weighted by Gasteiger charge is -2.16. The van der Waals surface area contributed by atoms with Crippen molar-refractivity contribution in [2.24, 2.45) is 0 Å². The molecule has 0 N–H and O–H groups in total. The number of aryl methyl sites for hydroxylation is 1. The predicted molar refractivity (Wildman–Crippen MR) is 77.9 cm³/mol. The Hall–Kier alpha value is -1.80. The summed E-state index contributed by atoms with van der Waals surface area (Å²) >= 11 is 0. The maximum absolute atomic E-state index is 9.37. The van der Waals surface area contributed by atoms with Gasteiger partial charge < -0.3 is 0 Å². The summed E-state index contributed by atoms with van der Waals surface area (Å²) in [6.45, 7) is 6.44. The van der Waals surface area contributed by atoms with Crippen molar-refractivity contribution in [3.63, 3.8) is 0 Å². The first kappa shape index (κ1) is 15.3. The quantitative estimate of drug-likeness (QED) is 0.760.